The van der Waals surface area contributed by atoms with Crippen LogP contribution in [0.1, 0.15) is 37.6 Å². The molecule has 0 saturated carbocycles. The Morgan fingerprint density at radius 1 is 1.12 bits per heavy atom. The van der Waals surface area contributed by atoms with Crippen LogP contribution >= 0.6 is 0 Å². The normalized spacial score (nSPS) is 17.4. The maximum Gasteiger partial charge on any atom is 0.232 e. The van der Waals surface area contributed by atoms with Gasteiger partial charge in [0.2, 0.25) is 24.4 Å². The van der Waals surface area contributed by atoms with Gasteiger partial charge in [-0.1, -0.05) is 25.1 Å². The molecule has 3 heterocycles. The minimum Gasteiger partial charge on any atom is -0.493 e. The van der Waals surface area contributed by atoms with Crippen molar-refractivity contribution in [2.45, 2.75) is 32.7 Å². The number of hydrogen-bond donors (Lipinski definition) is 0. The van der Waals surface area contributed by atoms with Crippen LogP contribution in [0.15, 0.2) is 47.0 Å². The molecule has 0 bridgehead atoms. The van der Waals surface area contributed by atoms with Crippen molar-refractivity contribution in [3.63, 3.8) is 0 Å². The van der Waals surface area contributed by atoms with E-state index in [9.17, 15) is 4.79 Å². The molecule has 2 aliphatic heterocycles. The Balaban J connectivity index is 1.23. The molecule has 1 unspecified atom stereocenters. The number of hydrogen-bond acceptors (Lipinski definition) is 7. The Morgan fingerprint density at radius 2 is 1.94 bits per heavy atom. The Kier molecular flexibility index (Phi) is 5.43. The van der Waals surface area contributed by atoms with Crippen molar-refractivity contribution in [2.75, 3.05) is 19.9 Å². The van der Waals surface area contributed by atoms with Gasteiger partial charge in [-0.25, -0.2) is 0 Å². The van der Waals surface area contributed by atoms with Crippen molar-refractivity contribution in [1.82, 2.24) is 15.0 Å². The van der Waals surface area contributed by atoms with Gasteiger partial charge in [-0.2, -0.15) is 4.98 Å². The smallest absolute Gasteiger partial charge is 0.232 e. The maximum absolute atomic E-state index is 12.6. The van der Waals surface area contributed by atoms with E-state index < -0.39 is 0 Å². The van der Waals surface area contributed by atoms with Gasteiger partial charge in [-0.05, 0) is 47.9 Å². The van der Waals surface area contributed by atoms with Crippen molar-refractivity contribution in [1.29, 1.82) is 0 Å². The lowest BCUT2D eigenvalue weighted by atomic mass is 10.1. The molecule has 8 nitrogen and oxygen atoms in total. The number of nitrogens with zero attached hydrogens (tertiary/aromatic N) is 3. The molecule has 1 fully saturated rings. The van der Waals surface area contributed by atoms with Gasteiger partial charge in [-0.15, -0.1) is 0 Å². The van der Waals surface area contributed by atoms with Crippen LogP contribution in [0.5, 0.6) is 17.2 Å². The number of carbonyl (C=O) groups is 1. The van der Waals surface area contributed by atoms with Gasteiger partial charge in [0.25, 0.3) is 0 Å². The molecule has 2 aromatic carbocycles. The van der Waals surface area contributed by atoms with Crippen molar-refractivity contribution < 1.29 is 23.5 Å². The van der Waals surface area contributed by atoms with E-state index in [2.05, 4.69) is 24.0 Å². The van der Waals surface area contributed by atoms with Gasteiger partial charge >= 0.3 is 0 Å². The second-order valence-corrected chi connectivity index (χ2v) is 8.55. The molecular weight excluding hydrogens is 410 g/mol. The Hall–Kier alpha value is -3.55. The third-order valence-corrected chi connectivity index (χ3v) is 5.51. The quantitative estimate of drug-likeness (QED) is 0.554. The molecule has 32 heavy (non-hydrogen) atoms. The lowest BCUT2D eigenvalue weighted by Crippen LogP contribution is -2.24. The van der Waals surface area contributed by atoms with Crippen molar-refractivity contribution in [3.8, 4) is 28.6 Å². The van der Waals surface area contributed by atoms with Gasteiger partial charge in [-0.3, -0.25) is 4.79 Å². The molecule has 0 radical (unpaired) electrons. The summed E-state index contributed by atoms with van der Waals surface area (Å²) in [5.74, 6) is 3.68. The Labute approximate surface area is 186 Å². The number of rotatable bonds is 7. The molecule has 1 saturated heterocycles. The van der Waals surface area contributed by atoms with Crippen LogP contribution in [0, 0.1) is 5.92 Å². The second-order valence-electron chi connectivity index (χ2n) is 8.55. The zero-order chi connectivity index (χ0) is 22.1. The average molecular weight is 435 g/mol. The highest BCUT2D eigenvalue weighted by molar-refractivity contribution is 5.79. The van der Waals surface area contributed by atoms with E-state index >= 15 is 0 Å². The maximum atomic E-state index is 12.6. The van der Waals surface area contributed by atoms with E-state index in [0.717, 1.165) is 22.6 Å². The number of fused-ring (bicyclic) bond motifs is 1. The average Bonchev–Trinajstić information content (AvgIpc) is 3.53. The molecule has 5 rings (SSSR count). The fourth-order valence-corrected chi connectivity index (χ4v) is 3.83. The molecule has 8 heteroatoms. The van der Waals surface area contributed by atoms with Crippen LogP contribution in [-0.4, -0.2) is 40.9 Å². The topological polar surface area (TPSA) is 86.9 Å². The molecule has 166 valence electrons. The van der Waals surface area contributed by atoms with E-state index in [-0.39, 0.29) is 18.6 Å². The zero-order valence-electron chi connectivity index (χ0n) is 18.1. The van der Waals surface area contributed by atoms with E-state index in [1.165, 1.54) is 0 Å². The summed E-state index contributed by atoms with van der Waals surface area (Å²) in [6.45, 7) is 6.17. The van der Waals surface area contributed by atoms with Crippen LogP contribution in [0.4, 0.5) is 0 Å². The van der Waals surface area contributed by atoms with Crippen molar-refractivity contribution in [2.24, 2.45) is 5.92 Å². The molecule has 1 atom stereocenters. The van der Waals surface area contributed by atoms with Crippen LogP contribution in [0.2, 0.25) is 0 Å². The first kappa shape index (κ1) is 20.4. The molecule has 3 aromatic rings. The predicted molar refractivity (Wildman–Crippen MR) is 115 cm³/mol. The van der Waals surface area contributed by atoms with Crippen LogP contribution in [0.25, 0.3) is 11.4 Å². The number of carbonyl (C=O) groups excluding carboxylic acids is 1. The SMILES string of the molecule is CC(C)COc1ccc(-c2noc(C3CC(=O)N(Cc4ccc5c(c4)OCO5)C3)n2)cc1. The largest absolute Gasteiger partial charge is 0.493 e. The van der Waals surface area contributed by atoms with Crippen LogP contribution in [-0.2, 0) is 11.3 Å². The molecule has 0 N–H and O–H groups in total. The summed E-state index contributed by atoms with van der Waals surface area (Å²) in [5.41, 5.74) is 1.84. The lowest BCUT2D eigenvalue weighted by Gasteiger charge is -2.16. The van der Waals surface area contributed by atoms with Crippen LogP contribution in [0.3, 0.4) is 0 Å². The molecule has 1 amide bonds. The number of aromatic nitrogens is 2. The molecule has 2 aliphatic rings. The summed E-state index contributed by atoms with van der Waals surface area (Å²) in [7, 11) is 0. The fourth-order valence-electron chi connectivity index (χ4n) is 3.83. The second kappa shape index (κ2) is 8.53. The Bertz CT molecular complexity index is 1110. The van der Waals surface area contributed by atoms with Crippen molar-refractivity contribution in [3.05, 3.63) is 53.9 Å². The summed E-state index contributed by atoms with van der Waals surface area (Å²) >= 11 is 0. The van der Waals surface area contributed by atoms with Crippen molar-refractivity contribution >= 4 is 5.91 Å². The fraction of sp³-hybridized carbons (Fsp3) is 0.375. The van der Waals surface area contributed by atoms with Gasteiger partial charge < -0.3 is 23.6 Å². The van der Waals surface area contributed by atoms with Gasteiger partial charge in [0.15, 0.2) is 11.5 Å². The molecule has 0 spiro atoms. The number of likely N-dealkylation sites (tertiary alicyclic amines) is 1. The number of benzene rings is 2. The highest BCUT2D eigenvalue weighted by Gasteiger charge is 2.34. The predicted octanol–water partition coefficient (Wildman–Crippen LogP) is 4.02. The summed E-state index contributed by atoms with van der Waals surface area (Å²) in [6.07, 6.45) is 0.355. The standard InChI is InChI=1S/C24H25N3O5/c1-15(2)13-29-19-6-4-17(5-7-19)23-25-24(32-26-23)18-10-22(28)27(12-18)11-16-3-8-20-21(9-16)31-14-30-20/h3-9,15,18H,10-14H2,1-2H3. The first-order chi connectivity index (χ1) is 15.5. The summed E-state index contributed by atoms with van der Waals surface area (Å²) < 4.78 is 22.0. The van der Waals surface area contributed by atoms with E-state index in [1.807, 2.05) is 47.4 Å². The first-order valence-electron chi connectivity index (χ1n) is 10.8. The zero-order valence-corrected chi connectivity index (χ0v) is 18.1. The lowest BCUT2D eigenvalue weighted by molar-refractivity contribution is -0.128. The minimum atomic E-state index is -0.119. The summed E-state index contributed by atoms with van der Waals surface area (Å²) in [4.78, 5) is 19.0. The van der Waals surface area contributed by atoms with Crippen LogP contribution < -0.4 is 14.2 Å². The highest BCUT2D eigenvalue weighted by atomic mass is 16.7. The van der Waals surface area contributed by atoms with Gasteiger partial charge in [0.05, 0.1) is 12.5 Å². The van der Waals surface area contributed by atoms with E-state index in [0.29, 0.717) is 49.5 Å². The van der Waals surface area contributed by atoms with Gasteiger partial charge in [0.1, 0.15) is 5.75 Å². The third-order valence-electron chi connectivity index (χ3n) is 5.51. The number of ether oxygens (including phenoxy) is 3. The number of amides is 1. The summed E-state index contributed by atoms with van der Waals surface area (Å²) in [6, 6.07) is 13.4. The minimum absolute atomic E-state index is 0.0686. The first-order valence-corrected chi connectivity index (χ1v) is 10.8. The summed E-state index contributed by atoms with van der Waals surface area (Å²) in [5, 5.41) is 4.12. The van der Waals surface area contributed by atoms with E-state index in [1.54, 1.807) is 0 Å². The molecular formula is C24H25N3O5. The third kappa shape index (κ3) is 4.26. The monoisotopic (exact) mass is 435 g/mol. The Morgan fingerprint density at radius 3 is 2.75 bits per heavy atom. The van der Waals surface area contributed by atoms with E-state index in [4.69, 9.17) is 18.7 Å². The van der Waals surface area contributed by atoms with Gasteiger partial charge in [0, 0.05) is 25.1 Å². The molecule has 1 aromatic heterocycles. The highest BCUT2D eigenvalue weighted by Crippen LogP contribution is 2.34. The molecule has 0 aliphatic carbocycles.